The smallest absolute Gasteiger partial charge is 0.212 e. The van der Waals surface area contributed by atoms with E-state index < -0.39 is 0 Å². The molecule has 0 aliphatic heterocycles. The van der Waals surface area contributed by atoms with Crippen molar-refractivity contribution < 1.29 is 4.92 Å². The Bertz CT molecular complexity index is 267. The van der Waals surface area contributed by atoms with Crippen LogP contribution in [-0.2, 0) is 0 Å². The Morgan fingerprint density at radius 1 is 1.62 bits per heavy atom. The summed E-state index contributed by atoms with van der Waals surface area (Å²) in [5, 5.41) is 10.4. The summed E-state index contributed by atoms with van der Waals surface area (Å²) in [5.74, 6) is 0.272. The van der Waals surface area contributed by atoms with Crippen LogP contribution in [-0.4, -0.2) is 16.5 Å². The summed E-state index contributed by atoms with van der Waals surface area (Å²) in [6.45, 7) is 3.99. The van der Waals surface area contributed by atoms with Gasteiger partial charge in [0.05, 0.1) is 5.92 Å². The highest BCUT2D eigenvalue weighted by molar-refractivity contribution is 5.10. The van der Waals surface area contributed by atoms with E-state index in [1.54, 1.807) is 6.20 Å². The van der Waals surface area contributed by atoms with Crippen LogP contribution in [0.4, 0.5) is 0 Å². The van der Waals surface area contributed by atoms with Gasteiger partial charge in [0.2, 0.25) is 6.54 Å². The molecule has 0 aliphatic carbocycles. The zero-order valence-electron chi connectivity index (χ0n) is 7.86. The van der Waals surface area contributed by atoms with Crippen LogP contribution < -0.4 is 0 Å². The van der Waals surface area contributed by atoms with Gasteiger partial charge in [-0.1, -0.05) is 13.8 Å². The Morgan fingerprint density at radius 2 is 2.31 bits per heavy atom. The van der Waals surface area contributed by atoms with E-state index in [-0.39, 0.29) is 23.3 Å². The highest BCUT2D eigenvalue weighted by Gasteiger charge is 2.21. The molecule has 0 amide bonds. The average molecular weight is 182 g/mol. The second kappa shape index (κ2) is 4.07. The lowest BCUT2D eigenvalue weighted by Gasteiger charge is -2.14. The molecule has 13 heavy (non-hydrogen) atoms. The minimum absolute atomic E-state index is 0.00181. The summed E-state index contributed by atoms with van der Waals surface area (Å²) >= 11 is 0. The highest BCUT2D eigenvalue weighted by Crippen LogP contribution is 2.22. The minimum atomic E-state index is -0.258. The summed E-state index contributed by atoms with van der Waals surface area (Å²) in [6, 6.07) is 3.76. The molecule has 0 aliphatic rings. The van der Waals surface area contributed by atoms with Gasteiger partial charge in [-0.15, -0.1) is 0 Å². The lowest BCUT2D eigenvalue weighted by molar-refractivity contribution is -0.484. The number of nitrogens with one attached hydrogen (secondary N) is 1. The molecule has 4 nitrogen and oxygen atoms in total. The molecule has 0 unspecified atom stereocenters. The van der Waals surface area contributed by atoms with Crippen molar-refractivity contribution in [2.75, 3.05) is 6.54 Å². The van der Waals surface area contributed by atoms with Gasteiger partial charge in [-0.25, -0.2) is 0 Å². The third-order valence-electron chi connectivity index (χ3n) is 2.17. The van der Waals surface area contributed by atoms with Crippen LogP contribution in [0.3, 0.4) is 0 Å². The molecule has 1 aromatic rings. The number of aromatic amines is 1. The van der Waals surface area contributed by atoms with Crippen molar-refractivity contribution in [1.82, 2.24) is 4.98 Å². The zero-order chi connectivity index (χ0) is 9.84. The summed E-state index contributed by atoms with van der Waals surface area (Å²) in [7, 11) is 0. The fraction of sp³-hybridized carbons (Fsp3) is 0.556. The summed E-state index contributed by atoms with van der Waals surface area (Å²) < 4.78 is 0. The van der Waals surface area contributed by atoms with Crippen LogP contribution >= 0.6 is 0 Å². The zero-order valence-corrected chi connectivity index (χ0v) is 7.86. The molecular weight excluding hydrogens is 168 g/mol. The second-order valence-electron chi connectivity index (χ2n) is 3.49. The molecule has 0 radical (unpaired) electrons. The van der Waals surface area contributed by atoms with Crippen LogP contribution in [0.5, 0.6) is 0 Å². The van der Waals surface area contributed by atoms with E-state index in [0.717, 1.165) is 5.69 Å². The first-order valence-corrected chi connectivity index (χ1v) is 4.36. The predicted molar refractivity (Wildman–Crippen MR) is 50.2 cm³/mol. The number of nitro groups is 1. The number of hydrogen-bond acceptors (Lipinski definition) is 2. The van der Waals surface area contributed by atoms with Crippen molar-refractivity contribution in [1.29, 1.82) is 0 Å². The fourth-order valence-electron chi connectivity index (χ4n) is 1.40. The van der Waals surface area contributed by atoms with Crippen LogP contribution in [0.25, 0.3) is 0 Å². The number of aromatic nitrogens is 1. The largest absolute Gasteiger partial charge is 0.365 e. The Balaban J connectivity index is 2.74. The van der Waals surface area contributed by atoms with Gasteiger partial charge in [0, 0.05) is 16.8 Å². The van der Waals surface area contributed by atoms with Crippen LogP contribution in [0, 0.1) is 16.0 Å². The standard InChI is InChI=1S/C9H14N2O2/c1-7(2)8(6-11(12)13)9-4-3-5-10-9/h3-5,7-8,10H,6H2,1-2H3/t8-/m0/s1. The highest BCUT2D eigenvalue weighted by atomic mass is 16.6. The van der Waals surface area contributed by atoms with Gasteiger partial charge in [0.25, 0.3) is 0 Å². The lowest BCUT2D eigenvalue weighted by Crippen LogP contribution is -2.17. The van der Waals surface area contributed by atoms with Gasteiger partial charge >= 0.3 is 0 Å². The van der Waals surface area contributed by atoms with Crippen molar-refractivity contribution in [3.05, 3.63) is 34.1 Å². The molecule has 1 N–H and O–H groups in total. The summed E-state index contributed by atoms with van der Waals surface area (Å²) in [5.41, 5.74) is 0.951. The van der Waals surface area contributed by atoms with Crippen molar-refractivity contribution >= 4 is 0 Å². The van der Waals surface area contributed by atoms with E-state index in [9.17, 15) is 10.1 Å². The van der Waals surface area contributed by atoms with Crippen molar-refractivity contribution in [3.63, 3.8) is 0 Å². The van der Waals surface area contributed by atoms with Crippen LogP contribution in [0.1, 0.15) is 25.5 Å². The third-order valence-corrected chi connectivity index (χ3v) is 2.17. The van der Waals surface area contributed by atoms with E-state index >= 15 is 0 Å². The lowest BCUT2D eigenvalue weighted by atomic mass is 9.93. The van der Waals surface area contributed by atoms with Crippen LogP contribution in [0.2, 0.25) is 0 Å². The Hall–Kier alpha value is -1.32. The number of H-pyrrole nitrogens is 1. The SMILES string of the molecule is CC(C)[C@H](C[N+](=O)[O-])c1ccc[nH]1. The Morgan fingerprint density at radius 3 is 2.69 bits per heavy atom. The summed E-state index contributed by atoms with van der Waals surface area (Å²) in [6.07, 6.45) is 1.80. The molecule has 1 heterocycles. The maximum absolute atomic E-state index is 10.4. The fourth-order valence-corrected chi connectivity index (χ4v) is 1.40. The first-order chi connectivity index (χ1) is 6.11. The normalized spacial score (nSPS) is 13.2. The maximum Gasteiger partial charge on any atom is 0.212 e. The van der Waals surface area contributed by atoms with Crippen LogP contribution in [0.15, 0.2) is 18.3 Å². The number of hydrogen-bond donors (Lipinski definition) is 1. The maximum atomic E-state index is 10.4. The minimum Gasteiger partial charge on any atom is -0.365 e. The molecule has 1 aromatic heterocycles. The molecular formula is C9H14N2O2. The first kappa shape index (κ1) is 9.77. The molecule has 0 saturated heterocycles. The quantitative estimate of drug-likeness (QED) is 0.572. The number of rotatable bonds is 4. The number of nitrogens with zero attached hydrogens (tertiary/aromatic N) is 1. The molecule has 4 heteroatoms. The summed E-state index contributed by atoms with van der Waals surface area (Å²) in [4.78, 5) is 13.2. The molecule has 1 rings (SSSR count). The average Bonchev–Trinajstić information content (AvgIpc) is 2.50. The Kier molecular flexibility index (Phi) is 3.06. The molecule has 0 saturated carbocycles. The van der Waals surface area contributed by atoms with Gasteiger partial charge in [-0.3, -0.25) is 10.1 Å². The van der Waals surface area contributed by atoms with Gasteiger partial charge in [0.1, 0.15) is 0 Å². The van der Waals surface area contributed by atoms with Crippen molar-refractivity contribution in [2.24, 2.45) is 5.92 Å². The molecule has 0 bridgehead atoms. The molecule has 0 aromatic carbocycles. The van der Waals surface area contributed by atoms with E-state index in [2.05, 4.69) is 4.98 Å². The van der Waals surface area contributed by atoms with E-state index in [1.807, 2.05) is 26.0 Å². The van der Waals surface area contributed by atoms with Gasteiger partial charge in [-0.2, -0.15) is 0 Å². The molecule has 0 fully saturated rings. The van der Waals surface area contributed by atoms with Gasteiger partial charge < -0.3 is 4.98 Å². The van der Waals surface area contributed by atoms with Gasteiger partial charge in [0.15, 0.2) is 0 Å². The van der Waals surface area contributed by atoms with E-state index in [4.69, 9.17) is 0 Å². The topological polar surface area (TPSA) is 58.9 Å². The predicted octanol–water partition coefficient (Wildman–Crippen LogP) is 2.03. The molecule has 72 valence electrons. The van der Waals surface area contributed by atoms with E-state index in [0.29, 0.717) is 0 Å². The Labute approximate surface area is 77.1 Å². The van der Waals surface area contributed by atoms with E-state index in [1.165, 1.54) is 0 Å². The van der Waals surface area contributed by atoms with Crippen molar-refractivity contribution in [2.45, 2.75) is 19.8 Å². The second-order valence-corrected chi connectivity index (χ2v) is 3.49. The van der Waals surface area contributed by atoms with Crippen molar-refractivity contribution in [3.8, 4) is 0 Å². The third kappa shape index (κ3) is 2.57. The first-order valence-electron chi connectivity index (χ1n) is 4.36. The van der Waals surface area contributed by atoms with Gasteiger partial charge in [-0.05, 0) is 18.1 Å². The molecule has 0 spiro atoms. The molecule has 1 atom stereocenters. The monoisotopic (exact) mass is 182 g/mol.